The second-order valence-corrected chi connectivity index (χ2v) is 19.5. The van der Waals surface area contributed by atoms with Crippen molar-refractivity contribution in [3.63, 3.8) is 0 Å². The average molecular weight is 738 g/mol. The van der Waals surface area contributed by atoms with Gasteiger partial charge in [-0.25, -0.2) is 4.79 Å². The van der Waals surface area contributed by atoms with Gasteiger partial charge in [0.15, 0.2) is 11.4 Å². The van der Waals surface area contributed by atoms with Crippen LogP contribution in [-0.2, 0) is 15.1 Å². The Hall–Kier alpha value is -2.59. The van der Waals surface area contributed by atoms with Crippen molar-refractivity contribution in [3.8, 4) is 5.75 Å². The van der Waals surface area contributed by atoms with Gasteiger partial charge in [-0.3, -0.25) is 9.59 Å². The smallest absolute Gasteiger partial charge is 0.340 e. The summed E-state index contributed by atoms with van der Waals surface area (Å²) >= 11 is 27.9. The van der Waals surface area contributed by atoms with Crippen LogP contribution in [0.3, 0.4) is 0 Å². The third kappa shape index (κ3) is 6.00. The summed E-state index contributed by atoms with van der Waals surface area (Å²) in [6.45, 7) is 11.7. The van der Waals surface area contributed by atoms with Crippen LogP contribution in [0.25, 0.3) is 0 Å². The number of carbonyl (C=O) groups excluding carboxylic acids is 3. The highest BCUT2D eigenvalue weighted by Crippen LogP contribution is 2.53. The number of fused-ring (bicyclic) bond motifs is 6. The average Bonchev–Trinajstić information content (AvgIpc) is 3.29. The second-order valence-electron chi connectivity index (χ2n) is 13.6. The van der Waals surface area contributed by atoms with Crippen LogP contribution in [0.4, 0.5) is 0 Å². The van der Waals surface area contributed by atoms with Crippen molar-refractivity contribution >= 4 is 82.7 Å². The van der Waals surface area contributed by atoms with Crippen molar-refractivity contribution in [1.29, 1.82) is 0 Å². The number of halogens is 4. The lowest BCUT2D eigenvalue weighted by Crippen LogP contribution is -2.64. The van der Waals surface area contributed by atoms with Crippen LogP contribution < -0.4 is 20.4 Å². The van der Waals surface area contributed by atoms with Crippen LogP contribution in [0, 0.1) is 12.3 Å². The Morgan fingerprint density at radius 1 is 0.915 bits per heavy atom. The highest BCUT2D eigenvalue weighted by Gasteiger charge is 2.58. The highest BCUT2D eigenvalue weighted by atomic mass is 35.5. The first-order valence-corrected chi connectivity index (χ1v) is 20.0. The lowest BCUT2D eigenvalue weighted by Gasteiger charge is -2.45. The molecule has 0 aliphatic carbocycles. The monoisotopic (exact) mass is 735 g/mol. The van der Waals surface area contributed by atoms with E-state index in [1.807, 2.05) is 6.92 Å². The molecule has 0 fully saturated rings. The third-order valence-corrected chi connectivity index (χ3v) is 14.3. The number of rotatable bonds is 8. The Kier molecular flexibility index (Phi) is 9.90. The van der Waals surface area contributed by atoms with Gasteiger partial charge in [0, 0.05) is 45.5 Å². The maximum atomic E-state index is 13.7. The molecule has 2 N–H and O–H groups in total. The van der Waals surface area contributed by atoms with E-state index in [-0.39, 0.29) is 33.9 Å². The number of esters is 2. The summed E-state index contributed by atoms with van der Waals surface area (Å²) in [6, 6.07) is 8.24. The number of hydrogen-bond acceptors (Lipinski definition) is 6. The maximum absolute atomic E-state index is 13.7. The number of benzene rings is 3. The van der Waals surface area contributed by atoms with Gasteiger partial charge in [-0.15, -0.1) is 0 Å². The zero-order valence-corrected chi connectivity index (χ0v) is 31.2. The van der Waals surface area contributed by atoms with Crippen LogP contribution in [0.15, 0.2) is 30.3 Å². The van der Waals surface area contributed by atoms with Gasteiger partial charge in [-0.1, -0.05) is 72.3 Å². The van der Waals surface area contributed by atoms with E-state index in [1.54, 1.807) is 51.1 Å². The van der Waals surface area contributed by atoms with Gasteiger partial charge >= 0.3 is 11.9 Å². The van der Waals surface area contributed by atoms with Gasteiger partial charge in [-0.2, -0.15) is 0 Å². The zero-order chi connectivity index (χ0) is 34.6. The van der Waals surface area contributed by atoms with Gasteiger partial charge in [0.05, 0.1) is 21.0 Å². The Morgan fingerprint density at radius 3 is 2.17 bits per heavy atom. The first kappa shape index (κ1) is 35.7. The van der Waals surface area contributed by atoms with Crippen molar-refractivity contribution in [2.45, 2.75) is 72.1 Å². The summed E-state index contributed by atoms with van der Waals surface area (Å²) in [5.41, 5.74) is 0.308. The predicted octanol–water partition coefficient (Wildman–Crippen LogP) is 7.44. The molecule has 47 heavy (non-hydrogen) atoms. The quantitative estimate of drug-likeness (QED) is 0.108. The third-order valence-electron chi connectivity index (χ3n) is 8.94. The number of aliphatic hydroxyl groups is 1. The van der Waals surface area contributed by atoms with Crippen LogP contribution in [0.2, 0.25) is 33.2 Å². The van der Waals surface area contributed by atoms with Gasteiger partial charge < -0.3 is 19.9 Å². The molecule has 5 rings (SSSR count). The number of hydrogen-bond donors (Lipinski definition) is 2. The second kappa shape index (κ2) is 13.0. The van der Waals surface area contributed by atoms with Gasteiger partial charge in [-0.05, 0) is 86.8 Å². The lowest BCUT2D eigenvalue weighted by atomic mass is 9.78. The number of aliphatic hydroxyl groups excluding tert-OH is 1. The topological polar surface area (TPSA) is 102 Å². The molecule has 3 aromatic rings. The molecule has 2 aliphatic heterocycles. The van der Waals surface area contributed by atoms with Crippen LogP contribution in [0.5, 0.6) is 5.75 Å². The minimum absolute atomic E-state index is 0.0182. The van der Waals surface area contributed by atoms with E-state index in [9.17, 15) is 14.4 Å². The summed E-state index contributed by atoms with van der Waals surface area (Å²) in [6.07, 6.45) is 3.23. The first-order valence-electron chi connectivity index (χ1n) is 15.5. The molecule has 12 heteroatoms. The standard InChI is InChI=1S/C35H37Cl4NO6Si/c1-18-24(36)16-22-29(26(18)38)47(5,6)30-23(17-25(37)28(27(30)39)45-33(44)34(2,3)4)35(22)21-15-19(11-12-20(21)32(43)46-35)31(42)40-13-9-7-8-10-14-41/h11-12,15-17,41H,7-10,13-14H2,1-6H3,(H,40,42). The molecule has 0 radical (unpaired) electrons. The Morgan fingerprint density at radius 2 is 1.53 bits per heavy atom. The SMILES string of the molecule is Cc1c(Cl)cc2c(c1Cl)[Si](C)(C)c1c(cc(Cl)c(OC(=O)C(C)(C)C)c1Cl)C21OC(=O)c2ccc(C(=O)NCCCCCCO)cc21. The van der Waals surface area contributed by atoms with Crippen molar-refractivity contribution in [2.75, 3.05) is 13.2 Å². The fourth-order valence-electron chi connectivity index (χ4n) is 6.40. The number of ether oxygens (including phenoxy) is 2. The van der Waals surface area contributed by atoms with Crippen LogP contribution >= 0.6 is 46.4 Å². The molecule has 0 aromatic heterocycles. The highest BCUT2D eigenvalue weighted by molar-refractivity contribution is 7.03. The van der Waals surface area contributed by atoms with E-state index in [0.717, 1.165) is 30.9 Å². The van der Waals surface area contributed by atoms with Crippen molar-refractivity contribution < 1.29 is 29.0 Å². The molecular weight excluding hydrogens is 700 g/mol. The summed E-state index contributed by atoms with van der Waals surface area (Å²) in [4.78, 5) is 40.1. The van der Waals surface area contributed by atoms with E-state index in [1.165, 1.54) is 0 Å². The van der Waals surface area contributed by atoms with Gasteiger partial charge in [0.1, 0.15) is 8.07 Å². The molecule has 1 atom stereocenters. The Balaban J connectivity index is 1.75. The van der Waals surface area contributed by atoms with E-state index < -0.39 is 31.0 Å². The van der Waals surface area contributed by atoms with Crippen molar-refractivity contribution in [3.05, 3.63) is 83.8 Å². The lowest BCUT2D eigenvalue weighted by molar-refractivity contribution is -0.142. The molecule has 1 unspecified atom stereocenters. The molecule has 3 aromatic carbocycles. The number of amides is 1. The fourth-order valence-corrected chi connectivity index (χ4v) is 12.3. The zero-order valence-electron chi connectivity index (χ0n) is 27.1. The predicted molar refractivity (Wildman–Crippen MR) is 189 cm³/mol. The molecule has 0 saturated carbocycles. The Labute approximate surface area is 295 Å². The minimum Gasteiger partial charge on any atom is -0.441 e. The van der Waals surface area contributed by atoms with E-state index in [0.29, 0.717) is 49.6 Å². The maximum Gasteiger partial charge on any atom is 0.340 e. The van der Waals surface area contributed by atoms with Crippen LogP contribution in [-0.4, -0.2) is 44.2 Å². The summed E-state index contributed by atoms with van der Waals surface area (Å²) < 4.78 is 12.2. The molecule has 250 valence electrons. The molecule has 0 bridgehead atoms. The Bertz CT molecular complexity index is 1820. The first-order chi connectivity index (χ1) is 22.0. The molecule has 2 aliphatic rings. The molecule has 2 heterocycles. The largest absolute Gasteiger partial charge is 0.441 e. The van der Waals surface area contributed by atoms with E-state index in [4.69, 9.17) is 61.0 Å². The molecule has 7 nitrogen and oxygen atoms in total. The molecule has 1 amide bonds. The molecule has 0 saturated heterocycles. The molecule has 1 spiro atoms. The molecular formula is C35H37Cl4NO6Si. The summed E-state index contributed by atoms with van der Waals surface area (Å²) in [7, 11) is -2.89. The summed E-state index contributed by atoms with van der Waals surface area (Å²) in [5.74, 6) is -1.41. The van der Waals surface area contributed by atoms with Crippen LogP contribution in [0.1, 0.15) is 89.4 Å². The number of nitrogens with one attached hydrogen (secondary N) is 1. The van der Waals surface area contributed by atoms with E-state index in [2.05, 4.69) is 18.4 Å². The number of unbranched alkanes of at least 4 members (excludes halogenated alkanes) is 3. The fraction of sp³-hybridized carbons (Fsp3) is 0.400. The number of carbonyl (C=O) groups is 3. The minimum atomic E-state index is -2.89. The van der Waals surface area contributed by atoms with Crippen molar-refractivity contribution in [2.24, 2.45) is 5.41 Å². The normalized spacial score (nSPS) is 17.6. The van der Waals surface area contributed by atoms with E-state index >= 15 is 0 Å². The van der Waals surface area contributed by atoms with Crippen molar-refractivity contribution in [1.82, 2.24) is 5.32 Å². The summed E-state index contributed by atoms with van der Waals surface area (Å²) in [5, 5.41) is 14.3. The van der Waals surface area contributed by atoms with Gasteiger partial charge in [0.2, 0.25) is 0 Å². The van der Waals surface area contributed by atoms with Gasteiger partial charge in [0.25, 0.3) is 5.91 Å².